The van der Waals surface area contributed by atoms with E-state index in [0.29, 0.717) is 0 Å². The Balaban J connectivity index is 3.36. The summed E-state index contributed by atoms with van der Waals surface area (Å²) in [6, 6.07) is 0. The molecule has 5 nitrogen and oxygen atoms in total. The molecule has 0 saturated carbocycles. The van der Waals surface area contributed by atoms with Crippen molar-refractivity contribution in [2.45, 2.75) is 0 Å². The van der Waals surface area contributed by atoms with Crippen molar-refractivity contribution in [1.29, 1.82) is 0 Å². The van der Waals surface area contributed by atoms with Gasteiger partial charge in [-0.25, -0.2) is 4.79 Å². The Labute approximate surface area is 75.7 Å². The summed E-state index contributed by atoms with van der Waals surface area (Å²) < 4.78 is 0. The van der Waals surface area contributed by atoms with Crippen LogP contribution in [-0.2, 0) is 0 Å². The van der Waals surface area contributed by atoms with Gasteiger partial charge in [-0.05, 0) is 23.2 Å². The molecule has 0 aromatic carbocycles. The van der Waals surface area contributed by atoms with Gasteiger partial charge in [0, 0.05) is 0 Å². The molecule has 0 atom stereocenters. The minimum absolute atomic E-state index is 0.318. The molecular weight excluding hydrogens is 207 g/mol. The Bertz CT molecular complexity index is 357. The highest BCUT2D eigenvalue weighted by atomic mass is 35.5. The zero-order valence-electron chi connectivity index (χ0n) is 5.48. The van der Waals surface area contributed by atoms with Crippen LogP contribution >= 0.6 is 23.2 Å². The molecule has 0 amide bonds. The highest BCUT2D eigenvalue weighted by molar-refractivity contribution is 6.71. The van der Waals surface area contributed by atoms with Crippen LogP contribution in [0.2, 0.25) is 0 Å². The standard InChI is InChI=1S/C5H2Cl2N2O3/c6-3(10)1-2(4(7)11)9-5(12)8-1/h(H2,8,9,12). The van der Waals surface area contributed by atoms with Gasteiger partial charge in [0.15, 0.2) is 0 Å². The maximum absolute atomic E-state index is 10.6. The van der Waals surface area contributed by atoms with Crippen molar-refractivity contribution < 1.29 is 9.59 Å². The normalized spacial score (nSPS) is 9.83. The lowest BCUT2D eigenvalue weighted by Crippen LogP contribution is -2.02. The van der Waals surface area contributed by atoms with E-state index in [1.807, 2.05) is 9.97 Å². The second kappa shape index (κ2) is 3.12. The Morgan fingerprint density at radius 1 is 1.00 bits per heavy atom. The van der Waals surface area contributed by atoms with Crippen LogP contribution in [0.25, 0.3) is 0 Å². The van der Waals surface area contributed by atoms with Gasteiger partial charge in [-0.15, -0.1) is 0 Å². The molecule has 0 fully saturated rings. The average molecular weight is 209 g/mol. The zero-order valence-corrected chi connectivity index (χ0v) is 6.99. The fraction of sp³-hybridized carbons (Fsp3) is 0. The summed E-state index contributed by atoms with van der Waals surface area (Å²) in [5, 5.41) is -1.89. The first-order chi connectivity index (χ1) is 5.52. The van der Waals surface area contributed by atoms with Crippen molar-refractivity contribution >= 4 is 33.7 Å². The number of nitrogens with one attached hydrogen (secondary N) is 2. The number of imidazole rings is 1. The molecule has 1 heterocycles. The third-order valence-corrected chi connectivity index (χ3v) is 1.50. The fourth-order valence-electron chi connectivity index (χ4n) is 0.678. The second-order valence-corrected chi connectivity index (χ2v) is 2.56. The molecule has 1 aromatic rings. The lowest BCUT2D eigenvalue weighted by molar-refractivity contribution is 0.104. The molecule has 0 radical (unpaired) electrons. The maximum Gasteiger partial charge on any atom is 0.324 e. The summed E-state index contributed by atoms with van der Waals surface area (Å²) in [4.78, 5) is 35.7. The highest BCUT2D eigenvalue weighted by Crippen LogP contribution is 2.06. The number of rotatable bonds is 2. The summed E-state index contributed by atoms with van der Waals surface area (Å²) in [5.74, 6) is 0. The number of carbonyl (C=O) groups is 2. The van der Waals surface area contributed by atoms with Crippen LogP contribution in [0.1, 0.15) is 21.0 Å². The van der Waals surface area contributed by atoms with E-state index in [2.05, 4.69) is 0 Å². The molecule has 0 aliphatic rings. The van der Waals surface area contributed by atoms with Crippen LogP contribution in [0.4, 0.5) is 0 Å². The average Bonchev–Trinajstić information content (AvgIpc) is 2.31. The molecular formula is C5H2Cl2N2O3. The highest BCUT2D eigenvalue weighted by Gasteiger charge is 2.17. The Hall–Kier alpha value is -1.07. The van der Waals surface area contributed by atoms with Crippen molar-refractivity contribution in [2.75, 3.05) is 0 Å². The smallest absolute Gasteiger partial charge is 0.302 e. The summed E-state index contributed by atoms with van der Waals surface area (Å²) in [5.41, 5.74) is -1.34. The van der Waals surface area contributed by atoms with Crippen molar-refractivity contribution in [2.24, 2.45) is 0 Å². The monoisotopic (exact) mass is 208 g/mol. The maximum atomic E-state index is 10.6. The number of aromatic nitrogens is 2. The van der Waals surface area contributed by atoms with Gasteiger partial charge in [-0.3, -0.25) is 9.59 Å². The van der Waals surface area contributed by atoms with Crippen molar-refractivity contribution in [3.63, 3.8) is 0 Å². The topological polar surface area (TPSA) is 82.8 Å². The summed E-state index contributed by atoms with van der Waals surface area (Å²) >= 11 is 10.1. The molecule has 0 bridgehead atoms. The minimum Gasteiger partial charge on any atom is -0.302 e. The third kappa shape index (κ3) is 1.57. The van der Waals surface area contributed by atoms with Crippen LogP contribution in [0.5, 0.6) is 0 Å². The van der Waals surface area contributed by atoms with Gasteiger partial charge in [0.05, 0.1) is 0 Å². The first kappa shape index (κ1) is 9.02. The summed E-state index contributed by atoms with van der Waals surface area (Å²) in [7, 11) is 0. The number of halogens is 2. The van der Waals surface area contributed by atoms with E-state index in [-0.39, 0.29) is 11.4 Å². The molecule has 2 N–H and O–H groups in total. The van der Waals surface area contributed by atoms with E-state index < -0.39 is 16.2 Å². The molecule has 0 unspecified atom stereocenters. The van der Waals surface area contributed by atoms with Crippen LogP contribution < -0.4 is 5.69 Å². The first-order valence-corrected chi connectivity index (χ1v) is 3.50. The lowest BCUT2D eigenvalue weighted by atomic mass is 10.4. The molecule has 0 aliphatic heterocycles. The van der Waals surface area contributed by atoms with Gasteiger partial charge in [-0.1, -0.05) is 0 Å². The quantitative estimate of drug-likeness (QED) is 0.694. The fourth-order valence-corrected chi connectivity index (χ4v) is 0.962. The minimum atomic E-state index is -0.947. The van der Waals surface area contributed by atoms with Crippen LogP contribution in [0.15, 0.2) is 4.79 Å². The van der Waals surface area contributed by atoms with Gasteiger partial charge in [-0.2, -0.15) is 0 Å². The number of hydrogen-bond donors (Lipinski definition) is 2. The van der Waals surface area contributed by atoms with Crippen molar-refractivity contribution in [3.05, 3.63) is 21.9 Å². The van der Waals surface area contributed by atoms with E-state index in [1.165, 1.54) is 0 Å². The largest absolute Gasteiger partial charge is 0.324 e. The Morgan fingerprint density at radius 3 is 1.58 bits per heavy atom. The molecule has 12 heavy (non-hydrogen) atoms. The molecule has 7 heteroatoms. The van der Waals surface area contributed by atoms with Crippen molar-refractivity contribution in [1.82, 2.24) is 9.97 Å². The van der Waals surface area contributed by atoms with Crippen LogP contribution in [0, 0.1) is 0 Å². The predicted octanol–water partition coefficient (Wildman–Crippen LogP) is 0.461. The molecule has 1 rings (SSSR count). The van der Waals surface area contributed by atoms with Gasteiger partial charge < -0.3 is 9.97 Å². The van der Waals surface area contributed by atoms with Gasteiger partial charge in [0.2, 0.25) is 0 Å². The van der Waals surface area contributed by atoms with E-state index in [0.717, 1.165) is 0 Å². The van der Waals surface area contributed by atoms with Crippen LogP contribution in [0.3, 0.4) is 0 Å². The number of hydrogen-bond acceptors (Lipinski definition) is 3. The first-order valence-electron chi connectivity index (χ1n) is 2.74. The van der Waals surface area contributed by atoms with Crippen LogP contribution in [-0.4, -0.2) is 20.5 Å². The molecule has 0 saturated heterocycles. The molecule has 0 aliphatic carbocycles. The molecule has 64 valence electrons. The van der Waals surface area contributed by atoms with Gasteiger partial charge in [0.25, 0.3) is 10.5 Å². The van der Waals surface area contributed by atoms with E-state index in [9.17, 15) is 14.4 Å². The third-order valence-electron chi connectivity index (χ3n) is 1.12. The van der Waals surface area contributed by atoms with E-state index >= 15 is 0 Å². The molecule has 0 spiro atoms. The summed E-state index contributed by atoms with van der Waals surface area (Å²) in [6.45, 7) is 0. The predicted molar refractivity (Wildman–Crippen MR) is 41.8 cm³/mol. The Morgan fingerprint density at radius 2 is 1.33 bits per heavy atom. The second-order valence-electron chi connectivity index (χ2n) is 1.88. The zero-order chi connectivity index (χ0) is 9.30. The van der Waals surface area contributed by atoms with E-state index in [1.54, 1.807) is 0 Å². The van der Waals surface area contributed by atoms with Gasteiger partial charge >= 0.3 is 5.69 Å². The SMILES string of the molecule is O=C(Cl)c1[nH]c(=O)[nH]c1C(=O)Cl. The molecule has 1 aromatic heterocycles. The van der Waals surface area contributed by atoms with Crippen molar-refractivity contribution in [3.8, 4) is 0 Å². The van der Waals surface area contributed by atoms with Gasteiger partial charge in [0.1, 0.15) is 11.4 Å². The lowest BCUT2D eigenvalue weighted by Gasteiger charge is -1.88. The van der Waals surface area contributed by atoms with E-state index in [4.69, 9.17) is 23.2 Å². The Kier molecular flexibility index (Phi) is 2.35. The summed E-state index contributed by atoms with van der Waals surface area (Å²) in [6.07, 6.45) is 0. The number of H-pyrrole nitrogens is 2. The number of aromatic amines is 2. The number of carbonyl (C=O) groups excluding carboxylic acids is 2.